The van der Waals surface area contributed by atoms with Crippen LogP contribution in [-0.2, 0) is 16.1 Å². The molecule has 2 aromatic heterocycles. The normalized spacial score (nSPS) is 14.4. The molecule has 8 nitrogen and oxygen atoms in total. The van der Waals surface area contributed by atoms with E-state index in [0.717, 1.165) is 16.7 Å². The molecule has 5 rings (SSSR count). The molecule has 0 N–H and O–H groups in total. The van der Waals surface area contributed by atoms with Crippen molar-refractivity contribution in [3.05, 3.63) is 75.2 Å². The highest BCUT2D eigenvalue weighted by molar-refractivity contribution is 6.02. The Morgan fingerprint density at radius 3 is 2.45 bits per heavy atom. The fourth-order valence-electron chi connectivity index (χ4n) is 3.86. The van der Waals surface area contributed by atoms with Crippen LogP contribution in [0.15, 0.2) is 62.5 Å². The Bertz CT molecular complexity index is 1410. The SMILES string of the molecule is O=C(Cn1c(=O)n(-c2ccc(F)cc2)c(=O)c2oc3ccccc3c21)N1CCOCC1. The minimum Gasteiger partial charge on any atom is -0.449 e. The lowest BCUT2D eigenvalue weighted by Crippen LogP contribution is -2.45. The van der Waals surface area contributed by atoms with Crippen molar-refractivity contribution in [2.45, 2.75) is 6.54 Å². The van der Waals surface area contributed by atoms with E-state index in [1.54, 1.807) is 29.2 Å². The number of hydrogen-bond acceptors (Lipinski definition) is 5. The van der Waals surface area contributed by atoms with Crippen LogP contribution in [-0.4, -0.2) is 46.2 Å². The highest BCUT2D eigenvalue weighted by Crippen LogP contribution is 2.26. The standard InChI is InChI=1S/C22H18FN3O5/c23-14-5-7-15(8-6-14)26-21(28)20-19(16-3-1-2-4-17(16)31-20)25(22(26)29)13-18(27)24-9-11-30-12-10-24/h1-8H,9-13H2. The third-order valence-electron chi connectivity index (χ3n) is 5.40. The summed E-state index contributed by atoms with van der Waals surface area (Å²) in [6.45, 7) is 1.46. The summed E-state index contributed by atoms with van der Waals surface area (Å²) in [7, 11) is 0. The van der Waals surface area contributed by atoms with E-state index < -0.39 is 17.1 Å². The first-order valence-electron chi connectivity index (χ1n) is 9.83. The van der Waals surface area contributed by atoms with Crippen molar-refractivity contribution in [3.63, 3.8) is 0 Å². The largest absolute Gasteiger partial charge is 0.449 e. The summed E-state index contributed by atoms with van der Waals surface area (Å²) in [4.78, 5) is 41.2. The van der Waals surface area contributed by atoms with Gasteiger partial charge in [-0.05, 0) is 36.4 Å². The second-order valence-electron chi connectivity index (χ2n) is 7.25. The lowest BCUT2D eigenvalue weighted by molar-refractivity contribution is -0.135. The van der Waals surface area contributed by atoms with Gasteiger partial charge in [0.05, 0.1) is 18.9 Å². The predicted octanol–water partition coefficient (Wildman–Crippen LogP) is 1.90. The van der Waals surface area contributed by atoms with Gasteiger partial charge >= 0.3 is 11.2 Å². The minimum absolute atomic E-state index is 0.0418. The summed E-state index contributed by atoms with van der Waals surface area (Å²) < 4.78 is 26.6. The van der Waals surface area contributed by atoms with Gasteiger partial charge in [-0.2, -0.15) is 0 Å². The van der Waals surface area contributed by atoms with Crippen LogP contribution in [0.3, 0.4) is 0 Å². The van der Waals surface area contributed by atoms with Crippen LogP contribution in [0.1, 0.15) is 0 Å². The quantitative estimate of drug-likeness (QED) is 0.502. The van der Waals surface area contributed by atoms with E-state index in [1.807, 2.05) is 0 Å². The first-order valence-corrected chi connectivity index (χ1v) is 9.83. The highest BCUT2D eigenvalue weighted by Gasteiger charge is 2.24. The number of aromatic nitrogens is 2. The van der Waals surface area contributed by atoms with E-state index >= 15 is 0 Å². The number of para-hydroxylation sites is 1. The van der Waals surface area contributed by atoms with Gasteiger partial charge in [-0.15, -0.1) is 0 Å². The predicted molar refractivity (Wildman–Crippen MR) is 111 cm³/mol. The van der Waals surface area contributed by atoms with Crippen LogP contribution < -0.4 is 11.2 Å². The van der Waals surface area contributed by atoms with Gasteiger partial charge in [0.2, 0.25) is 11.5 Å². The third-order valence-corrected chi connectivity index (χ3v) is 5.40. The summed E-state index contributed by atoms with van der Waals surface area (Å²) >= 11 is 0. The average Bonchev–Trinajstić information content (AvgIpc) is 3.18. The smallest absolute Gasteiger partial charge is 0.336 e. The molecular weight excluding hydrogens is 405 g/mol. The van der Waals surface area contributed by atoms with Gasteiger partial charge in [-0.25, -0.2) is 13.8 Å². The molecule has 0 unspecified atom stereocenters. The molecule has 1 amide bonds. The molecule has 0 saturated carbocycles. The Labute approximate surface area is 174 Å². The molecule has 2 aromatic carbocycles. The molecule has 1 fully saturated rings. The maximum Gasteiger partial charge on any atom is 0.336 e. The van der Waals surface area contributed by atoms with Crippen LogP contribution in [0.25, 0.3) is 27.8 Å². The molecule has 0 radical (unpaired) electrons. The van der Waals surface area contributed by atoms with Gasteiger partial charge in [-0.1, -0.05) is 12.1 Å². The molecule has 4 aromatic rings. The Hall–Kier alpha value is -3.72. The fourth-order valence-corrected chi connectivity index (χ4v) is 3.86. The second kappa shape index (κ2) is 7.51. The Balaban J connectivity index is 1.77. The number of rotatable bonds is 3. The van der Waals surface area contributed by atoms with E-state index in [2.05, 4.69) is 0 Å². The zero-order chi connectivity index (χ0) is 21.5. The maximum atomic E-state index is 13.4. The van der Waals surface area contributed by atoms with Gasteiger partial charge in [0.1, 0.15) is 23.5 Å². The van der Waals surface area contributed by atoms with E-state index in [0.29, 0.717) is 37.3 Å². The van der Waals surface area contributed by atoms with Crippen LogP contribution in [0.4, 0.5) is 4.39 Å². The molecule has 1 aliphatic rings. The number of ether oxygens (including phenoxy) is 1. The molecule has 31 heavy (non-hydrogen) atoms. The topological polar surface area (TPSA) is 86.7 Å². The zero-order valence-electron chi connectivity index (χ0n) is 16.4. The summed E-state index contributed by atoms with van der Waals surface area (Å²) in [6, 6.07) is 11.9. The zero-order valence-corrected chi connectivity index (χ0v) is 16.4. The number of amides is 1. The van der Waals surface area contributed by atoms with Crippen molar-refractivity contribution in [2.24, 2.45) is 0 Å². The maximum absolute atomic E-state index is 13.4. The van der Waals surface area contributed by atoms with Gasteiger partial charge in [-0.3, -0.25) is 14.2 Å². The van der Waals surface area contributed by atoms with E-state index in [4.69, 9.17) is 9.15 Å². The highest BCUT2D eigenvalue weighted by atomic mass is 19.1. The summed E-state index contributed by atoms with van der Waals surface area (Å²) in [5, 5.41) is 0.563. The number of halogens is 1. The van der Waals surface area contributed by atoms with Crippen molar-refractivity contribution in [1.29, 1.82) is 0 Å². The molecule has 1 aliphatic heterocycles. The number of carbonyl (C=O) groups is 1. The molecule has 0 aliphatic carbocycles. The minimum atomic E-state index is -0.697. The third kappa shape index (κ3) is 3.23. The van der Waals surface area contributed by atoms with Crippen LogP contribution in [0.5, 0.6) is 0 Å². The van der Waals surface area contributed by atoms with E-state index in [9.17, 15) is 18.8 Å². The number of furan rings is 1. The molecule has 0 spiro atoms. The molecule has 1 saturated heterocycles. The van der Waals surface area contributed by atoms with Crippen LogP contribution in [0.2, 0.25) is 0 Å². The average molecular weight is 423 g/mol. The molecule has 9 heteroatoms. The van der Waals surface area contributed by atoms with Crippen molar-refractivity contribution >= 4 is 28.0 Å². The number of hydrogen-bond donors (Lipinski definition) is 0. The number of nitrogens with zero attached hydrogens (tertiary/aromatic N) is 3. The number of benzene rings is 2. The van der Waals surface area contributed by atoms with Gasteiger partial charge in [0.15, 0.2) is 0 Å². The molecule has 3 heterocycles. The van der Waals surface area contributed by atoms with Crippen LogP contribution in [0, 0.1) is 5.82 Å². The van der Waals surface area contributed by atoms with Crippen molar-refractivity contribution in [2.75, 3.05) is 26.3 Å². The molecule has 0 atom stereocenters. The first kappa shape index (κ1) is 19.3. The second-order valence-corrected chi connectivity index (χ2v) is 7.25. The number of morpholine rings is 1. The number of carbonyl (C=O) groups excluding carboxylic acids is 1. The monoisotopic (exact) mass is 423 g/mol. The molecular formula is C22H18FN3O5. The fraction of sp³-hybridized carbons (Fsp3) is 0.227. The van der Waals surface area contributed by atoms with Crippen molar-refractivity contribution in [1.82, 2.24) is 14.0 Å². The lowest BCUT2D eigenvalue weighted by Gasteiger charge is -2.27. The van der Waals surface area contributed by atoms with Crippen molar-refractivity contribution < 1.29 is 18.3 Å². The van der Waals surface area contributed by atoms with E-state index in [-0.39, 0.29) is 29.2 Å². The van der Waals surface area contributed by atoms with Gasteiger partial charge < -0.3 is 14.1 Å². The Kier molecular flexibility index (Phi) is 4.67. The Morgan fingerprint density at radius 1 is 1.00 bits per heavy atom. The number of fused-ring (bicyclic) bond motifs is 3. The van der Waals surface area contributed by atoms with Crippen molar-refractivity contribution in [3.8, 4) is 5.69 Å². The molecule has 0 bridgehead atoms. The summed E-state index contributed by atoms with van der Waals surface area (Å²) in [6.07, 6.45) is 0. The van der Waals surface area contributed by atoms with Gasteiger partial charge in [0, 0.05) is 18.5 Å². The van der Waals surface area contributed by atoms with Crippen LogP contribution >= 0.6 is 0 Å². The first-order chi connectivity index (χ1) is 15.0. The molecule has 158 valence electrons. The van der Waals surface area contributed by atoms with E-state index in [1.165, 1.54) is 16.7 Å². The summed E-state index contributed by atoms with van der Waals surface area (Å²) in [5.74, 6) is -0.759. The lowest BCUT2D eigenvalue weighted by atomic mass is 10.2. The van der Waals surface area contributed by atoms with Gasteiger partial charge in [0.25, 0.3) is 0 Å². The summed E-state index contributed by atoms with van der Waals surface area (Å²) in [5.41, 5.74) is -0.523. The Morgan fingerprint density at radius 2 is 1.71 bits per heavy atom.